The van der Waals surface area contributed by atoms with E-state index in [1.807, 2.05) is 6.92 Å². The standard InChI is InChI=1S/C46H61FN6O13/c1-7-46(60)32-21-36-40-30(23-53(36)44(58)31(32)24-66-45(46)59)39-34(10-9-29-25(3)33(47)22-35(51-40)38(29)39)52-43(57)28(6)50-42(56)27(5)49-41(55)26(4)48-37(54)11-12-62-15-16-64-19-20-65-18-17-63-14-13-61-8-2/h21-22,26-28,34,60H,7-20,23-24H2,1-6H3,(H,48,54)(H,49,55)(H,50,56)(H,52,57)/t26-,27-,28-,34-,46-/m0/s1. The predicted octanol–water partition coefficient (Wildman–Crippen LogP) is 1.64. The quantitative estimate of drug-likeness (QED) is 0.0496. The molecule has 5 atom stereocenters. The number of aromatic nitrogens is 2. The highest BCUT2D eigenvalue weighted by atomic mass is 19.1. The average molecular weight is 925 g/mol. The monoisotopic (exact) mass is 924 g/mol. The Labute approximate surface area is 381 Å². The second-order valence-corrected chi connectivity index (χ2v) is 16.6. The van der Waals surface area contributed by atoms with Crippen molar-refractivity contribution in [3.05, 3.63) is 61.7 Å². The van der Waals surface area contributed by atoms with E-state index >= 15 is 4.39 Å². The number of nitrogens with one attached hydrogen (secondary N) is 4. The topological polar surface area (TPSA) is 244 Å². The highest BCUT2D eigenvalue weighted by molar-refractivity contribution is 5.96. The first kappa shape index (κ1) is 50.0. The molecule has 1 aromatic carbocycles. The number of halogens is 1. The van der Waals surface area contributed by atoms with Crippen LogP contribution < -0.4 is 26.8 Å². The minimum absolute atomic E-state index is 0.00219. The second kappa shape index (κ2) is 22.4. The van der Waals surface area contributed by atoms with Crippen LogP contribution >= 0.6 is 0 Å². The zero-order valence-corrected chi connectivity index (χ0v) is 38.4. The van der Waals surface area contributed by atoms with Crippen molar-refractivity contribution >= 4 is 40.5 Å². The van der Waals surface area contributed by atoms with Crippen LogP contribution in [0.2, 0.25) is 0 Å². The van der Waals surface area contributed by atoms with Gasteiger partial charge in [-0.2, -0.15) is 0 Å². The Morgan fingerprint density at radius 2 is 1.41 bits per heavy atom. The maximum Gasteiger partial charge on any atom is 0.343 e. The molecule has 0 radical (unpaired) electrons. The number of hydrogen-bond acceptors (Lipinski definition) is 14. The summed E-state index contributed by atoms with van der Waals surface area (Å²) < 4.78 is 48.9. The van der Waals surface area contributed by atoms with E-state index in [2.05, 4.69) is 21.3 Å². The van der Waals surface area contributed by atoms with Crippen LogP contribution in [0.3, 0.4) is 0 Å². The first-order valence-electron chi connectivity index (χ1n) is 22.5. The van der Waals surface area contributed by atoms with Gasteiger partial charge in [-0.3, -0.25) is 24.0 Å². The van der Waals surface area contributed by atoms with Gasteiger partial charge in [0, 0.05) is 35.6 Å². The summed E-state index contributed by atoms with van der Waals surface area (Å²) in [5.41, 5.74) is 1.28. The molecule has 0 saturated carbocycles. The fourth-order valence-electron chi connectivity index (χ4n) is 8.37. The molecule has 0 saturated heterocycles. The van der Waals surface area contributed by atoms with Crippen molar-refractivity contribution in [2.75, 3.05) is 66.1 Å². The number of carbonyl (C=O) groups excluding carboxylic acids is 5. The first-order chi connectivity index (χ1) is 31.6. The largest absolute Gasteiger partial charge is 0.458 e. The summed E-state index contributed by atoms with van der Waals surface area (Å²) in [6, 6.07) is -0.847. The normalized spacial score (nSPS) is 18.4. The highest BCUT2D eigenvalue weighted by Crippen LogP contribution is 2.46. The van der Waals surface area contributed by atoms with Gasteiger partial charge in [-0.05, 0) is 76.6 Å². The Balaban J connectivity index is 0.995. The van der Waals surface area contributed by atoms with Gasteiger partial charge in [-0.15, -0.1) is 0 Å². The molecule has 6 rings (SSSR count). The minimum atomic E-state index is -2.04. The molecule has 0 fully saturated rings. The van der Waals surface area contributed by atoms with E-state index in [4.69, 9.17) is 33.4 Å². The number of rotatable bonds is 24. The van der Waals surface area contributed by atoms with E-state index in [0.717, 1.165) is 5.56 Å². The van der Waals surface area contributed by atoms with E-state index in [1.54, 1.807) is 19.9 Å². The minimum Gasteiger partial charge on any atom is -0.458 e. The van der Waals surface area contributed by atoms with Gasteiger partial charge in [0.2, 0.25) is 23.6 Å². The lowest BCUT2D eigenvalue weighted by Crippen LogP contribution is -2.54. The van der Waals surface area contributed by atoms with Gasteiger partial charge in [-0.25, -0.2) is 14.2 Å². The lowest BCUT2D eigenvalue weighted by molar-refractivity contribution is -0.172. The first-order valence-corrected chi connectivity index (χ1v) is 22.5. The Morgan fingerprint density at radius 1 is 0.833 bits per heavy atom. The summed E-state index contributed by atoms with van der Waals surface area (Å²) in [6.45, 7) is 13.5. The van der Waals surface area contributed by atoms with Crippen molar-refractivity contribution in [1.29, 1.82) is 0 Å². The van der Waals surface area contributed by atoms with E-state index < -0.39 is 70.7 Å². The van der Waals surface area contributed by atoms with Crippen LogP contribution in [-0.4, -0.2) is 128 Å². The molecule has 4 amide bonds. The number of pyridine rings is 2. The second-order valence-electron chi connectivity index (χ2n) is 16.6. The third-order valence-corrected chi connectivity index (χ3v) is 12.1. The molecule has 3 aromatic rings. The van der Waals surface area contributed by atoms with Crippen molar-refractivity contribution in [3.63, 3.8) is 0 Å². The molecular formula is C46H61FN6O13. The molecule has 0 spiro atoms. The lowest BCUT2D eigenvalue weighted by atomic mass is 9.81. The number of aryl methyl sites for hydroxylation is 1. The lowest BCUT2D eigenvalue weighted by Gasteiger charge is -2.31. The Bertz CT molecular complexity index is 2380. The molecule has 360 valence electrons. The number of ether oxygens (including phenoxy) is 6. The van der Waals surface area contributed by atoms with Gasteiger partial charge >= 0.3 is 5.97 Å². The van der Waals surface area contributed by atoms with Gasteiger partial charge in [-0.1, -0.05) is 6.92 Å². The Hall–Kier alpha value is -5.38. The molecule has 19 nitrogen and oxygen atoms in total. The molecular weight excluding hydrogens is 864 g/mol. The van der Waals surface area contributed by atoms with Crippen LogP contribution in [0.5, 0.6) is 0 Å². The van der Waals surface area contributed by atoms with Crippen LogP contribution in [0.1, 0.15) is 93.3 Å². The number of esters is 1. The number of aliphatic hydroxyl groups is 1. The number of benzene rings is 1. The number of fused-ring (bicyclic) bond motifs is 5. The van der Waals surface area contributed by atoms with Gasteiger partial charge in [0.15, 0.2) is 5.60 Å². The molecule has 2 aromatic heterocycles. The fourth-order valence-corrected chi connectivity index (χ4v) is 8.37. The zero-order valence-electron chi connectivity index (χ0n) is 38.4. The molecule has 0 unspecified atom stereocenters. The van der Waals surface area contributed by atoms with Crippen molar-refractivity contribution in [3.8, 4) is 11.4 Å². The summed E-state index contributed by atoms with van der Waals surface area (Å²) in [5.74, 6) is -3.53. The third-order valence-electron chi connectivity index (χ3n) is 12.1. The van der Waals surface area contributed by atoms with E-state index in [-0.39, 0.29) is 50.3 Å². The SMILES string of the molecule is CCOCCOCCOCCOCCOCCC(=O)N[C@@H](C)C(=O)N[C@@H](C)C(=O)N[C@@H](C)C(=O)N[C@H]1CCc2c(C)c(F)cc3nc4c(c1c23)Cn1c-4cc2c(c1=O)COC(=O)[C@]2(O)CC. The summed E-state index contributed by atoms with van der Waals surface area (Å²) in [6.07, 6.45) is 0.741. The van der Waals surface area contributed by atoms with Crippen LogP contribution in [0.25, 0.3) is 22.3 Å². The summed E-state index contributed by atoms with van der Waals surface area (Å²) in [4.78, 5) is 84.0. The van der Waals surface area contributed by atoms with Crippen LogP contribution in [0.4, 0.5) is 4.39 Å². The molecule has 66 heavy (non-hydrogen) atoms. The Morgan fingerprint density at radius 3 is 2.02 bits per heavy atom. The fraction of sp³-hybridized carbons (Fsp3) is 0.587. The molecule has 0 bridgehead atoms. The van der Waals surface area contributed by atoms with Crippen LogP contribution in [-0.2, 0) is 77.6 Å². The van der Waals surface area contributed by atoms with Gasteiger partial charge in [0.25, 0.3) is 5.56 Å². The van der Waals surface area contributed by atoms with Crippen molar-refractivity contribution in [1.82, 2.24) is 30.8 Å². The highest BCUT2D eigenvalue weighted by Gasteiger charge is 2.46. The third kappa shape index (κ3) is 11.1. The molecule has 1 aliphatic carbocycles. The van der Waals surface area contributed by atoms with Crippen LogP contribution in [0.15, 0.2) is 16.9 Å². The number of hydrogen-bond donors (Lipinski definition) is 5. The van der Waals surface area contributed by atoms with Crippen molar-refractivity contribution < 1.29 is 61.9 Å². The van der Waals surface area contributed by atoms with Crippen molar-refractivity contribution in [2.45, 2.75) is 110 Å². The number of amides is 4. The number of carbonyl (C=O) groups is 5. The summed E-state index contributed by atoms with van der Waals surface area (Å²) in [5, 5.41) is 22.8. The smallest absolute Gasteiger partial charge is 0.343 e. The van der Waals surface area contributed by atoms with E-state index in [9.17, 15) is 33.9 Å². The summed E-state index contributed by atoms with van der Waals surface area (Å²) in [7, 11) is 0. The maximum atomic E-state index is 15.4. The zero-order chi connectivity index (χ0) is 47.7. The van der Waals surface area contributed by atoms with E-state index in [1.165, 1.54) is 31.4 Å². The predicted molar refractivity (Wildman–Crippen MR) is 236 cm³/mol. The Kier molecular flexibility index (Phi) is 17.0. The molecule has 20 heteroatoms. The van der Waals surface area contributed by atoms with Crippen LogP contribution in [0, 0.1) is 12.7 Å². The average Bonchev–Trinajstić information content (AvgIpc) is 3.66. The van der Waals surface area contributed by atoms with E-state index in [0.29, 0.717) is 105 Å². The number of nitrogens with zero attached hydrogens (tertiary/aromatic N) is 2. The molecule has 5 N–H and O–H groups in total. The van der Waals surface area contributed by atoms with Crippen molar-refractivity contribution in [2.24, 2.45) is 0 Å². The summed E-state index contributed by atoms with van der Waals surface area (Å²) >= 11 is 0. The van der Waals surface area contributed by atoms with Gasteiger partial charge in [0.05, 0.1) is 94.5 Å². The maximum absolute atomic E-state index is 15.4. The number of cyclic esters (lactones) is 1. The molecule has 2 aliphatic heterocycles. The van der Waals surface area contributed by atoms with Gasteiger partial charge in [0.1, 0.15) is 30.5 Å². The molecule has 4 heterocycles. The molecule has 3 aliphatic rings. The van der Waals surface area contributed by atoms with Gasteiger partial charge < -0.3 is 59.4 Å².